The van der Waals surface area contributed by atoms with Gasteiger partial charge < -0.3 is 14.8 Å². The summed E-state index contributed by atoms with van der Waals surface area (Å²) < 4.78 is 33.3. The lowest BCUT2D eigenvalue weighted by molar-refractivity contribution is 0.0905. The maximum Gasteiger partial charge on any atom is 0.251 e. The number of carbonyl (C=O) groups is 1. The van der Waals surface area contributed by atoms with Crippen LogP contribution in [0.5, 0.6) is 5.75 Å². The SMILES string of the molecule is CCOc1ccc(C(=O)NC(C)COC)cc1S(N)(=O)=O. The maximum atomic E-state index is 12.0. The molecule has 0 fully saturated rings. The second-order valence-corrected chi connectivity index (χ2v) is 6.00. The molecule has 1 amide bonds. The van der Waals surface area contributed by atoms with E-state index in [-0.39, 0.29) is 22.3 Å². The standard InChI is InChI=1S/C13H20N2O5S/c1-4-20-11-6-5-10(7-12(11)21(14,17)18)13(16)15-9(2)8-19-3/h5-7,9H,4,8H2,1-3H3,(H,15,16)(H2,14,17,18). The number of nitrogens with one attached hydrogen (secondary N) is 1. The van der Waals surface area contributed by atoms with E-state index in [1.807, 2.05) is 0 Å². The molecule has 0 saturated heterocycles. The van der Waals surface area contributed by atoms with Crippen LogP contribution in [-0.2, 0) is 14.8 Å². The Balaban J connectivity index is 3.08. The van der Waals surface area contributed by atoms with Crippen LogP contribution in [0.4, 0.5) is 0 Å². The Hall–Kier alpha value is -1.64. The normalized spacial score (nSPS) is 12.8. The third kappa shape index (κ3) is 5.00. The fraction of sp³-hybridized carbons (Fsp3) is 0.462. The Morgan fingerprint density at radius 1 is 1.43 bits per heavy atom. The predicted molar refractivity (Wildman–Crippen MR) is 77.8 cm³/mol. The summed E-state index contributed by atoms with van der Waals surface area (Å²) in [7, 11) is -2.45. The average Bonchev–Trinajstić information content (AvgIpc) is 2.38. The molecule has 0 heterocycles. The first-order valence-corrected chi connectivity index (χ1v) is 7.93. The van der Waals surface area contributed by atoms with Crippen molar-refractivity contribution in [1.82, 2.24) is 5.32 Å². The predicted octanol–water partition coefficient (Wildman–Crippen LogP) is 0.497. The fourth-order valence-electron chi connectivity index (χ4n) is 1.75. The molecule has 3 N–H and O–H groups in total. The van der Waals surface area contributed by atoms with Gasteiger partial charge >= 0.3 is 0 Å². The van der Waals surface area contributed by atoms with Gasteiger partial charge in [0.2, 0.25) is 10.0 Å². The summed E-state index contributed by atoms with van der Waals surface area (Å²) in [6.07, 6.45) is 0. The Labute approximate surface area is 124 Å². The lowest BCUT2D eigenvalue weighted by Gasteiger charge is -2.14. The summed E-state index contributed by atoms with van der Waals surface area (Å²) in [5.74, 6) is -0.283. The number of benzene rings is 1. The third-order valence-electron chi connectivity index (χ3n) is 2.61. The van der Waals surface area contributed by atoms with Crippen LogP contribution in [0.25, 0.3) is 0 Å². The molecule has 0 spiro atoms. The zero-order valence-electron chi connectivity index (χ0n) is 12.3. The first-order chi connectivity index (χ1) is 9.79. The number of rotatable bonds is 7. The minimum absolute atomic E-state index is 0.126. The quantitative estimate of drug-likeness (QED) is 0.761. The molecule has 8 heteroatoms. The Bertz CT molecular complexity index is 601. The van der Waals surface area contributed by atoms with Crippen LogP contribution in [0.2, 0.25) is 0 Å². The van der Waals surface area contributed by atoms with Gasteiger partial charge in [-0.05, 0) is 32.0 Å². The van der Waals surface area contributed by atoms with Gasteiger partial charge in [0.25, 0.3) is 5.91 Å². The van der Waals surface area contributed by atoms with Gasteiger partial charge in [0.1, 0.15) is 10.6 Å². The van der Waals surface area contributed by atoms with Crippen molar-refractivity contribution in [3.05, 3.63) is 23.8 Å². The van der Waals surface area contributed by atoms with E-state index < -0.39 is 15.9 Å². The van der Waals surface area contributed by atoms with Crippen LogP contribution in [0.1, 0.15) is 24.2 Å². The Morgan fingerprint density at radius 2 is 2.10 bits per heavy atom. The number of sulfonamides is 1. The number of carbonyl (C=O) groups excluding carboxylic acids is 1. The third-order valence-corrected chi connectivity index (χ3v) is 3.54. The lowest BCUT2D eigenvalue weighted by atomic mass is 10.2. The van der Waals surface area contributed by atoms with E-state index in [4.69, 9.17) is 14.6 Å². The number of methoxy groups -OCH3 is 1. The van der Waals surface area contributed by atoms with Crippen molar-refractivity contribution in [2.75, 3.05) is 20.3 Å². The molecular formula is C13H20N2O5S. The van der Waals surface area contributed by atoms with Crippen LogP contribution in [0, 0.1) is 0 Å². The summed E-state index contributed by atoms with van der Waals surface area (Å²) in [6, 6.07) is 3.90. The molecule has 0 aromatic heterocycles. The van der Waals surface area contributed by atoms with Crippen molar-refractivity contribution < 1.29 is 22.7 Å². The van der Waals surface area contributed by atoms with E-state index in [9.17, 15) is 13.2 Å². The number of primary sulfonamides is 1. The Morgan fingerprint density at radius 3 is 2.62 bits per heavy atom. The van der Waals surface area contributed by atoms with Crippen LogP contribution in [0.15, 0.2) is 23.1 Å². The van der Waals surface area contributed by atoms with Crippen molar-refractivity contribution >= 4 is 15.9 Å². The number of nitrogens with two attached hydrogens (primary N) is 1. The summed E-state index contributed by atoms with van der Waals surface area (Å²) in [6.45, 7) is 4.14. The molecule has 1 unspecified atom stereocenters. The summed E-state index contributed by atoms with van der Waals surface area (Å²) in [5, 5.41) is 7.83. The van der Waals surface area contributed by atoms with E-state index in [0.717, 1.165) is 0 Å². The fourth-order valence-corrected chi connectivity index (χ4v) is 2.44. The van der Waals surface area contributed by atoms with Gasteiger partial charge in [0.15, 0.2) is 0 Å². The van der Waals surface area contributed by atoms with Gasteiger partial charge in [-0.15, -0.1) is 0 Å². The zero-order chi connectivity index (χ0) is 16.0. The van der Waals surface area contributed by atoms with Crippen LogP contribution in [-0.4, -0.2) is 40.7 Å². The number of hydrogen-bond acceptors (Lipinski definition) is 5. The zero-order valence-corrected chi connectivity index (χ0v) is 13.1. The highest BCUT2D eigenvalue weighted by Gasteiger charge is 2.19. The van der Waals surface area contributed by atoms with Crippen LogP contribution < -0.4 is 15.2 Å². The van der Waals surface area contributed by atoms with Crippen molar-refractivity contribution in [2.24, 2.45) is 5.14 Å². The van der Waals surface area contributed by atoms with E-state index in [2.05, 4.69) is 5.32 Å². The Kier molecular flexibility index (Phi) is 6.13. The van der Waals surface area contributed by atoms with Crippen molar-refractivity contribution in [2.45, 2.75) is 24.8 Å². The van der Waals surface area contributed by atoms with Gasteiger partial charge in [-0.2, -0.15) is 0 Å². The molecule has 0 saturated carbocycles. The van der Waals surface area contributed by atoms with E-state index in [0.29, 0.717) is 13.2 Å². The molecule has 7 nitrogen and oxygen atoms in total. The molecule has 0 aliphatic heterocycles. The summed E-state index contributed by atoms with van der Waals surface area (Å²) in [4.78, 5) is 11.8. The molecule has 1 atom stereocenters. The molecule has 0 bridgehead atoms. The highest BCUT2D eigenvalue weighted by atomic mass is 32.2. The van der Waals surface area contributed by atoms with E-state index >= 15 is 0 Å². The minimum atomic E-state index is -3.98. The second kappa shape index (κ2) is 7.39. The molecule has 0 aliphatic rings. The largest absolute Gasteiger partial charge is 0.492 e. The highest BCUT2D eigenvalue weighted by molar-refractivity contribution is 7.89. The second-order valence-electron chi connectivity index (χ2n) is 4.47. The average molecular weight is 316 g/mol. The molecule has 0 radical (unpaired) electrons. The maximum absolute atomic E-state index is 12.0. The number of hydrogen-bond donors (Lipinski definition) is 2. The van der Waals surface area contributed by atoms with Crippen molar-refractivity contribution in [3.63, 3.8) is 0 Å². The molecule has 0 aliphatic carbocycles. The van der Waals surface area contributed by atoms with Crippen molar-refractivity contribution in [3.8, 4) is 5.75 Å². The molecule has 1 aromatic rings. The van der Waals surface area contributed by atoms with Gasteiger partial charge in [-0.3, -0.25) is 4.79 Å². The van der Waals surface area contributed by atoms with Gasteiger partial charge in [0.05, 0.1) is 13.2 Å². The van der Waals surface area contributed by atoms with Crippen LogP contribution >= 0.6 is 0 Å². The molecule has 118 valence electrons. The molecule has 21 heavy (non-hydrogen) atoms. The van der Waals surface area contributed by atoms with Gasteiger partial charge in [-0.25, -0.2) is 13.6 Å². The number of ether oxygens (including phenoxy) is 2. The summed E-state index contributed by atoms with van der Waals surface area (Å²) in [5.41, 5.74) is 0.186. The van der Waals surface area contributed by atoms with Crippen LogP contribution in [0.3, 0.4) is 0 Å². The monoisotopic (exact) mass is 316 g/mol. The lowest BCUT2D eigenvalue weighted by Crippen LogP contribution is -2.35. The van der Waals surface area contributed by atoms with E-state index in [1.165, 1.54) is 25.3 Å². The smallest absolute Gasteiger partial charge is 0.251 e. The van der Waals surface area contributed by atoms with Crippen molar-refractivity contribution in [1.29, 1.82) is 0 Å². The topological polar surface area (TPSA) is 108 Å². The molecule has 1 rings (SSSR count). The first-order valence-electron chi connectivity index (χ1n) is 6.39. The van der Waals surface area contributed by atoms with Gasteiger partial charge in [0, 0.05) is 18.7 Å². The summed E-state index contributed by atoms with van der Waals surface area (Å²) >= 11 is 0. The first kappa shape index (κ1) is 17.4. The highest BCUT2D eigenvalue weighted by Crippen LogP contribution is 2.24. The van der Waals surface area contributed by atoms with E-state index in [1.54, 1.807) is 13.8 Å². The molecular weight excluding hydrogens is 296 g/mol. The van der Waals surface area contributed by atoms with Gasteiger partial charge in [-0.1, -0.05) is 0 Å². The molecule has 1 aromatic carbocycles. The number of amides is 1. The minimum Gasteiger partial charge on any atom is -0.492 e.